The van der Waals surface area contributed by atoms with Crippen molar-refractivity contribution in [3.8, 4) is 0 Å². The lowest BCUT2D eigenvalue weighted by molar-refractivity contribution is -0.128. The van der Waals surface area contributed by atoms with Crippen LogP contribution in [0.25, 0.3) is 6.08 Å². The molecular weight excluding hydrogens is 388 g/mol. The van der Waals surface area contributed by atoms with Crippen molar-refractivity contribution in [2.24, 2.45) is 5.41 Å². The number of hydrogen-bond acceptors (Lipinski definition) is 4. The highest BCUT2D eigenvalue weighted by atomic mass is 32.1. The molecule has 0 spiro atoms. The fourth-order valence-corrected chi connectivity index (χ4v) is 4.90. The van der Waals surface area contributed by atoms with Crippen LogP contribution in [-0.4, -0.2) is 28.8 Å². The quantitative estimate of drug-likeness (QED) is 0.498. The summed E-state index contributed by atoms with van der Waals surface area (Å²) < 4.78 is 0. The van der Waals surface area contributed by atoms with Crippen molar-refractivity contribution < 1.29 is 4.79 Å². The second kappa shape index (κ2) is 8.66. The molecule has 0 bridgehead atoms. The molecule has 4 heteroatoms. The van der Waals surface area contributed by atoms with Gasteiger partial charge in [-0.15, -0.1) is 11.3 Å². The molecule has 1 saturated heterocycles. The fraction of sp³-hybridized carbons (Fsp3) is 0.308. The lowest BCUT2D eigenvalue weighted by Crippen LogP contribution is -2.49. The van der Waals surface area contributed by atoms with E-state index in [9.17, 15) is 4.79 Å². The Morgan fingerprint density at radius 3 is 2.60 bits per heavy atom. The molecule has 30 heavy (non-hydrogen) atoms. The van der Waals surface area contributed by atoms with Gasteiger partial charge in [-0.3, -0.25) is 14.7 Å². The minimum Gasteiger partial charge on any atom is -0.294 e. The van der Waals surface area contributed by atoms with Gasteiger partial charge in [0.1, 0.15) is 0 Å². The number of pyridine rings is 1. The average molecular weight is 417 g/mol. The predicted octanol–water partition coefficient (Wildman–Crippen LogP) is 5.73. The van der Waals surface area contributed by atoms with Gasteiger partial charge < -0.3 is 0 Å². The maximum Gasteiger partial charge on any atom is 0.167 e. The van der Waals surface area contributed by atoms with Crippen molar-refractivity contribution in [1.82, 2.24) is 9.88 Å². The Bertz CT molecular complexity index is 1020. The number of nitrogens with zero attached hydrogens (tertiary/aromatic N) is 2. The number of piperidine rings is 1. The summed E-state index contributed by atoms with van der Waals surface area (Å²) in [5, 5.41) is 2.13. The summed E-state index contributed by atoms with van der Waals surface area (Å²) >= 11 is 1.80. The molecule has 1 aliphatic heterocycles. The summed E-state index contributed by atoms with van der Waals surface area (Å²) in [7, 11) is 0. The first kappa shape index (κ1) is 20.7. The van der Waals surface area contributed by atoms with Crippen LogP contribution in [0.15, 0.2) is 71.7 Å². The first-order chi connectivity index (χ1) is 14.4. The monoisotopic (exact) mass is 416 g/mol. The fourth-order valence-electron chi connectivity index (χ4n) is 4.20. The number of aryl methyl sites for hydroxylation is 1. The van der Waals surface area contributed by atoms with Crippen LogP contribution >= 0.6 is 11.3 Å². The number of benzene rings is 1. The summed E-state index contributed by atoms with van der Waals surface area (Å²) in [5.74, 6) is 0.214. The van der Waals surface area contributed by atoms with Crippen molar-refractivity contribution in [3.63, 3.8) is 0 Å². The predicted molar refractivity (Wildman–Crippen MR) is 125 cm³/mol. The molecule has 1 unspecified atom stereocenters. The number of likely N-dealkylation sites (tertiary alicyclic amines) is 1. The molecule has 0 N–H and O–H groups in total. The third-order valence-electron chi connectivity index (χ3n) is 5.74. The molecule has 0 radical (unpaired) electrons. The van der Waals surface area contributed by atoms with Crippen molar-refractivity contribution in [2.75, 3.05) is 13.1 Å². The van der Waals surface area contributed by atoms with Crippen LogP contribution < -0.4 is 0 Å². The topological polar surface area (TPSA) is 33.2 Å². The lowest BCUT2D eigenvalue weighted by Gasteiger charge is -2.44. The van der Waals surface area contributed by atoms with Gasteiger partial charge in [0.15, 0.2) is 5.78 Å². The van der Waals surface area contributed by atoms with E-state index in [1.165, 1.54) is 10.4 Å². The zero-order valence-electron chi connectivity index (χ0n) is 17.8. The van der Waals surface area contributed by atoms with Crippen LogP contribution in [0.4, 0.5) is 0 Å². The normalized spacial score (nSPS) is 20.6. The highest BCUT2D eigenvalue weighted by Crippen LogP contribution is 2.41. The van der Waals surface area contributed by atoms with Gasteiger partial charge in [0.2, 0.25) is 0 Å². The van der Waals surface area contributed by atoms with E-state index in [1.807, 2.05) is 24.3 Å². The molecule has 0 saturated carbocycles. The van der Waals surface area contributed by atoms with Gasteiger partial charge in [-0.05, 0) is 48.6 Å². The highest BCUT2D eigenvalue weighted by molar-refractivity contribution is 7.09. The smallest absolute Gasteiger partial charge is 0.167 e. The first-order valence-corrected chi connectivity index (χ1v) is 11.3. The summed E-state index contributed by atoms with van der Waals surface area (Å²) in [6.07, 6.45) is 4.76. The Labute approximate surface area is 183 Å². The molecule has 1 aromatic carbocycles. The SMILES string of the molecule is Cc1ccc(C2/C(=C\c3ccccn3)C(=O)C(C)(C)CN2CCc2cccs2)cc1. The molecule has 2 aromatic heterocycles. The molecule has 0 amide bonds. The van der Waals surface area contributed by atoms with Gasteiger partial charge >= 0.3 is 0 Å². The standard InChI is InChI=1S/C26H28N2OS/c1-19-9-11-20(12-10-19)24-23(17-21-7-4-5-14-27-21)25(29)26(2,3)18-28(24)15-13-22-8-6-16-30-22/h4-12,14,16-17,24H,13,15,18H2,1-3H3/b23-17+. The minimum atomic E-state index is -0.433. The van der Waals surface area contributed by atoms with Gasteiger partial charge in [-0.25, -0.2) is 0 Å². The van der Waals surface area contributed by atoms with Gasteiger partial charge in [-0.1, -0.05) is 55.8 Å². The van der Waals surface area contributed by atoms with Crippen LogP contribution in [-0.2, 0) is 11.2 Å². The molecule has 0 aliphatic carbocycles. The number of aromatic nitrogens is 1. The van der Waals surface area contributed by atoms with E-state index in [0.29, 0.717) is 0 Å². The minimum absolute atomic E-state index is 0.0620. The van der Waals surface area contributed by atoms with E-state index in [0.717, 1.165) is 36.3 Å². The van der Waals surface area contributed by atoms with E-state index in [2.05, 4.69) is 72.4 Å². The van der Waals surface area contributed by atoms with Crippen LogP contribution in [0.3, 0.4) is 0 Å². The Kier molecular flexibility index (Phi) is 5.98. The number of carbonyl (C=O) groups excluding carboxylic acids is 1. The molecular formula is C26H28N2OS. The second-order valence-electron chi connectivity index (χ2n) is 8.68. The molecule has 3 aromatic rings. The second-order valence-corrected chi connectivity index (χ2v) is 9.71. The van der Waals surface area contributed by atoms with E-state index >= 15 is 0 Å². The maximum atomic E-state index is 13.6. The van der Waals surface area contributed by atoms with Gasteiger partial charge in [0.25, 0.3) is 0 Å². The van der Waals surface area contributed by atoms with Gasteiger partial charge in [0, 0.05) is 35.2 Å². The number of hydrogen-bond donors (Lipinski definition) is 0. The Balaban J connectivity index is 1.77. The third kappa shape index (κ3) is 4.45. The molecule has 3 heterocycles. The van der Waals surface area contributed by atoms with Crippen LogP contribution in [0.1, 0.15) is 41.6 Å². The van der Waals surface area contributed by atoms with E-state index < -0.39 is 5.41 Å². The van der Waals surface area contributed by atoms with E-state index in [1.54, 1.807) is 17.5 Å². The summed E-state index contributed by atoms with van der Waals surface area (Å²) in [6.45, 7) is 7.87. The molecule has 1 fully saturated rings. The Morgan fingerprint density at radius 2 is 1.93 bits per heavy atom. The van der Waals surface area contributed by atoms with E-state index in [-0.39, 0.29) is 11.8 Å². The number of carbonyl (C=O) groups is 1. The number of ketones is 1. The summed E-state index contributed by atoms with van der Waals surface area (Å²) in [5.41, 5.74) is 3.62. The van der Waals surface area contributed by atoms with Gasteiger partial charge in [-0.2, -0.15) is 0 Å². The molecule has 1 aliphatic rings. The van der Waals surface area contributed by atoms with Crippen molar-refractivity contribution in [1.29, 1.82) is 0 Å². The van der Waals surface area contributed by atoms with E-state index in [4.69, 9.17) is 0 Å². The van der Waals surface area contributed by atoms with Crippen LogP contribution in [0, 0.1) is 12.3 Å². The molecule has 3 nitrogen and oxygen atoms in total. The number of thiophene rings is 1. The highest BCUT2D eigenvalue weighted by Gasteiger charge is 2.43. The Morgan fingerprint density at radius 1 is 1.13 bits per heavy atom. The van der Waals surface area contributed by atoms with Crippen LogP contribution in [0.2, 0.25) is 0 Å². The number of Topliss-reactive ketones (excluding diaryl/α,β-unsaturated/α-hetero) is 1. The molecule has 1 atom stereocenters. The third-order valence-corrected chi connectivity index (χ3v) is 6.68. The summed E-state index contributed by atoms with van der Waals surface area (Å²) in [6, 6.07) is 18.7. The van der Waals surface area contributed by atoms with Gasteiger partial charge in [0.05, 0.1) is 11.7 Å². The van der Waals surface area contributed by atoms with Crippen molar-refractivity contribution in [2.45, 2.75) is 33.2 Å². The Hall–Kier alpha value is -2.56. The number of rotatable bonds is 5. The molecule has 154 valence electrons. The zero-order chi connectivity index (χ0) is 21.1. The lowest BCUT2D eigenvalue weighted by atomic mass is 9.74. The summed E-state index contributed by atoms with van der Waals surface area (Å²) in [4.78, 5) is 21.9. The maximum absolute atomic E-state index is 13.6. The first-order valence-electron chi connectivity index (χ1n) is 10.4. The average Bonchev–Trinajstić information content (AvgIpc) is 3.25. The molecule has 4 rings (SSSR count). The zero-order valence-corrected chi connectivity index (χ0v) is 18.7. The largest absolute Gasteiger partial charge is 0.294 e. The van der Waals surface area contributed by atoms with Crippen molar-refractivity contribution >= 4 is 23.2 Å². The van der Waals surface area contributed by atoms with Crippen molar-refractivity contribution in [3.05, 3.63) is 93.4 Å². The van der Waals surface area contributed by atoms with Crippen LogP contribution in [0.5, 0.6) is 0 Å².